The summed E-state index contributed by atoms with van der Waals surface area (Å²) in [5.41, 5.74) is 2.56. The van der Waals surface area contributed by atoms with Gasteiger partial charge in [0.25, 0.3) is 0 Å². The number of halogens is 4. The molecule has 29 heavy (non-hydrogen) atoms. The van der Waals surface area contributed by atoms with Gasteiger partial charge >= 0.3 is 6.18 Å². The van der Waals surface area contributed by atoms with Gasteiger partial charge in [0.15, 0.2) is 0 Å². The molecular formula is C25H24F4. The fourth-order valence-electron chi connectivity index (χ4n) is 4.83. The molecule has 152 valence electrons. The maximum atomic E-state index is 14.3. The van der Waals surface area contributed by atoms with Crippen LogP contribution in [-0.2, 0) is 12.6 Å². The molecule has 0 saturated carbocycles. The van der Waals surface area contributed by atoms with Gasteiger partial charge in [-0.25, -0.2) is 4.39 Å². The van der Waals surface area contributed by atoms with E-state index in [1.54, 1.807) is 18.2 Å². The lowest BCUT2D eigenvalue weighted by Gasteiger charge is -2.35. The Morgan fingerprint density at radius 1 is 0.931 bits per heavy atom. The number of rotatable bonds is 4. The molecule has 0 unspecified atom stereocenters. The normalized spacial score (nSPS) is 19.3. The van der Waals surface area contributed by atoms with Gasteiger partial charge in [-0.15, -0.1) is 0 Å². The molecule has 0 N–H and O–H groups in total. The second-order valence-electron chi connectivity index (χ2n) is 8.01. The fourth-order valence-corrected chi connectivity index (χ4v) is 4.83. The minimum Gasteiger partial charge on any atom is -0.206 e. The maximum Gasteiger partial charge on any atom is 0.416 e. The van der Waals surface area contributed by atoms with E-state index in [2.05, 4.69) is 6.92 Å². The van der Waals surface area contributed by atoms with Crippen LogP contribution in [0.5, 0.6) is 0 Å². The Balaban J connectivity index is 1.82. The molecule has 3 aromatic rings. The zero-order chi connectivity index (χ0) is 20.6. The molecule has 0 spiro atoms. The summed E-state index contributed by atoms with van der Waals surface area (Å²) in [5.74, 6) is 0.190. The van der Waals surface area contributed by atoms with Gasteiger partial charge < -0.3 is 0 Å². The Morgan fingerprint density at radius 3 is 2.38 bits per heavy atom. The molecule has 1 aliphatic carbocycles. The standard InChI is InChI=1S/C25H24F4/c1-2-3-5-16-10-13-20-19-6-4-7-23(26)21(19)14-15-22(20)24(16)17-8-11-18(12-9-17)25(27,28)29/h4,6-9,11-12,14-16,24H,2-3,5,10,13H2,1H3/t16-,24-/m1/s1. The minimum atomic E-state index is -4.33. The average Bonchev–Trinajstić information content (AvgIpc) is 2.71. The van der Waals surface area contributed by atoms with Crippen molar-refractivity contribution >= 4 is 10.8 Å². The molecular weight excluding hydrogens is 376 g/mol. The molecule has 0 aliphatic heterocycles. The van der Waals surface area contributed by atoms with Crippen LogP contribution in [0.1, 0.15) is 60.8 Å². The van der Waals surface area contributed by atoms with Crippen molar-refractivity contribution in [3.8, 4) is 0 Å². The molecule has 1 aliphatic rings. The van der Waals surface area contributed by atoms with Gasteiger partial charge in [0.05, 0.1) is 5.56 Å². The van der Waals surface area contributed by atoms with Gasteiger partial charge in [0.1, 0.15) is 5.82 Å². The molecule has 0 fully saturated rings. The van der Waals surface area contributed by atoms with Gasteiger partial charge in [-0.05, 0) is 65.5 Å². The molecule has 3 aromatic carbocycles. The third kappa shape index (κ3) is 3.77. The number of hydrogen-bond acceptors (Lipinski definition) is 0. The quantitative estimate of drug-likeness (QED) is 0.391. The lowest BCUT2D eigenvalue weighted by molar-refractivity contribution is -0.137. The third-order valence-electron chi connectivity index (χ3n) is 6.25. The molecule has 2 atom stereocenters. The van der Waals surface area contributed by atoms with Gasteiger partial charge in [-0.3, -0.25) is 0 Å². The monoisotopic (exact) mass is 400 g/mol. The van der Waals surface area contributed by atoms with Gasteiger partial charge in [0.2, 0.25) is 0 Å². The van der Waals surface area contributed by atoms with E-state index in [9.17, 15) is 17.6 Å². The molecule has 0 radical (unpaired) electrons. The molecule has 0 aromatic heterocycles. The molecule has 4 rings (SSSR count). The van der Waals surface area contributed by atoms with E-state index in [0.29, 0.717) is 11.3 Å². The van der Waals surface area contributed by atoms with Gasteiger partial charge in [-0.1, -0.05) is 56.2 Å². The molecule has 4 heteroatoms. The predicted octanol–water partition coefficient (Wildman–Crippen LogP) is 7.88. The Morgan fingerprint density at radius 2 is 1.69 bits per heavy atom. The number of alkyl halides is 3. The summed E-state index contributed by atoms with van der Waals surface area (Å²) in [4.78, 5) is 0. The van der Waals surface area contributed by atoms with Crippen molar-refractivity contribution in [1.29, 1.82) is 0 Å². The number of hydrogen-bond donors (Lipinski definition) is 0. The van der Waals surface area contributed by atoms with Crippen molar-refractivity contribution in [1.82, 2.24) is 0 Å². The number of fused-ring (bicyclic) bond motifs is 3. The van der Waals surface area contributed by atoms with E-state index in [1.807, 2.05) is 18.2 Å². The summed E-state index contributed by atoms with van der Waals surface area (Å²) in [7, 11) is 0. The number of benzene rings is 3. The van der Waals surface area contributed by atoms with E-state index in [4.69, 9.17) is 0 Å². The Bertz CT molecular complexity index is 1000. The second-order valence-corrected chi connectivity index (χ2v) is 8.01. The first kappa shape index (κ1) is 19.9. The topological polar surface area (TPSA) is 0 Å². The van der Waals surface area contributed by atoms with Gasteiger partial charge in [-0.2, -0.15) is 13.2 Å². The smallest absolute Gasteiger partial charge is 0.206 e. The third-order valence-corrected chi connectivity index (χ3v) is 6.25. The van der Waals surface area contributed by atoms with Crippen LogP contribution in [0, 0.1) is 11.7 Å². The van der Waals surface area contributed by atoms with Crippen LogP contribution < -0.4 is 0 Å². The summed E-state index contributed by atoms with van der Waals surface area (Å²) in [6.45, 7) is 2.15. The minimum absolute atomic E-state index is 0.0419. The van der Waals surface area contributed by atoms with Crippen molar-refractivity contribution in [3.63, 3.8) is 0 Å². The molecule has 0 amide bonds. The average molecular weight is 400 g/mol. The number of aryl methyl sites for hydroxylation is 1. The van der Waals surface area contributed by atoms with E-state index < -0.39 is 11.7 Å². The highest BCUT2D eigenvalue weighted by Crippen LogP contribution is 2.45. The maximum absolute atomic E-state index is 14.3. The molecule has 0 saturated heterocycles. The van der Waals surface area contributed by atoms with E-state index >= 15 is 0 Å². The molecule has 0 bridgehead atoms. The second kappa shape index (κ2) is 7.81. The Hall–Kier alpha value is -2.36. The summed E-state index contributed by atoms with van der Waals surface area (Å²) in [6, 6.07) is 14.6. The molecule has 0 nitrogen and oxygen atoms in total. The highest BCUT2D eigenvalue weighted by atomic mass is 19.4. The zero-order valence-corrected chi connectivity index (χ0v) is 16.4. The van der Waals surface area contributed by atoms with Crippen LogP contribution in [0.4, 0.5) is 17.6 Å². The van der Waals surface area contributed by atoms with Crippen molar-refractivity contribution in [3.05, 3.63) is 82.7 Å². The largest absolute Gasteiger partial charge is 0.416 e. The summed E-state index contributed by atoms with van der Waals surface area (Å²) in [5, 5.41) is 1.54. The highest BCUT2D eigenvalue weighted by Gasteiger charge is 2.33. The highest BCUT2D eigenvalue weighted by molar-refractivity contribution is 5.88. The Labute approximate surface area is 168 Å². The van der Waals surface area contributed by atoms with Crippen LogP contribution >= 0.6 is 0 Å². The molecule has 0 heterocycles. The van der Waals surface area contributed by atoms with Crippen LogP contribution in [0.2, 0.25) is 0 Å². The first-order chi connectivity index (χ1) is 13.9. The predicted molar refractivity (Wildman–Crippen MR) is 109 cm³/mol. The SMILES string of the molecule is CCCC[C@@H]1CCc2c(ccc3c(F)cccc23)[C@H]1c1ccc(C(F)(F)F)cc1. The van der Waals surface area contributed by atoms with Crippen LogP contribution in [0.3, 0.4) is 0 Å². The van der Waals surface area contributed by atoms with Crippen molar-refractivity contribution in [2.45, 2.75) is 51.1 Å². The van der Waals surface area contributed by atoms with E-state index in [0.717, 1.165) is 54.2 Å². The zero-order valence-electron chi connectivity index (χ0n) is 16.4. The lowest BCUT2D eigenvalue weighted by atomic mass is 9.69. The first-order valence-electron chi connectivity index (χ1n) is 10.3. The van der Waals surface area contributed by atoms with E-state index in [1.165, 1.54) is 18.2 Å². The van der Waals surface area contributed by atoms with Crippen LogP contribution in [-0.4, -0.2) is 0 Å². The lowest BCUT2D eigenvalue weighted by Crippen LogP contribution is -2.22. The van der Waals surface area contributed by atoms with E-state index in [-0.39, 0.29) is 11.7 Å². The summed E-state index contributed by atoms with van der Waals surface area (Å²) in [6.07, 6.45) is 0.739. The van der Waals surface area contributed by atoms with Gasteiger partial charge in [0, 0.05) is 11.3 Å². The first-order valence-corrected chi connectivity index (χ1v) is 10.3. The summed E-state index contributed by atoms with van der Waals surface area (Å²) >= 11 is 0. The summed E-state index contributed by atoms with van der Waals surface area (Å²) < 4.78 is 53.3. The fraction of sp³-hybridized carbons (Fsp3) is 0.360. The van der Waals surface area contributed by atoms with Crippen molar-refractivity contribution in [2.24, 2.45) is 5.92 Å². The van der Waals surface area contributed by atoms with Crippen LogP contribution in [0.15, 0.2) is 54.6 Å². The van der Waals surface area contributed by atoms with Crippen molar-refractivity contribution in [2.75, 3.05) is 0 Å². The van der Waals surface area contributed by atoms with Crippen molar-refractivity contribution < 1.29 is 17.6 Å². The number of unbranched alkanes of at least 4 members (excludes halogenated alkanes) is 1. The Kier molecular flexibility index (Phi) is 5.37. The van der Waals surface area contributed by atoms with Crippen LogP contribution in [0.25, 0.3) is 10.8 Å².